The molecule has 0 spiro atoms. The van der Waals surface area contributed by atoms with Crippen LogP contribution in [0.4, 0.5) is 32.0 Å². The summed E-state index contributed by atoms with van der Waals surface area (Å²) in [5.41, 5.74) is -1.86. The molecule has 34 heavy (non-hydrogen) atoms. The van der Waals surface area contributed by atoms with Gasteiger partial charge in [0.25, 0.3) is 5.91 Å². The summed E-state index contributed by atoms with van der Waals surface area (Å²) in [5, 5.41) is 3.73. The van der Waals surface area contributed by atoms with E-state index in [4.69, 9.17) is 4.52 Å². The van der Waals surface area contributed by atoms with Gasteiger partial charge in [-0.1, -0.05) is 29.4 Å². The number of nitrogens with zero attached hydrogens (tertiary/aromatic N) is 3. The number of anilines is 1. The summed E-state index contributed by atoms with van der Waals surface area (Å²) < 4.78 is 84.7. The number of carbonyl (C=O) groups excluding carboxylic acids is 1. The number of halogens is 6. The predicted molar refractivity (Wildman–Crippen MR) is 111 cm³/mol. The number of aryl methyl sites for hydroxylation is 1. The smallest absolute Gasteiger partial charge is 0.368 e. The molecule has 1 aromatic heterocycles. The van der Waals surface area contributed by atoms with Crippen molar-refractivity contribution in [2.24, 2.45) is 0 Å². The first-order chi connectivity index (χ1) is 16.0. The van der Waals surface area contributed by atoms with Gasteiger partial charge in [0.1, 0.15) is 17.0 Å². The van der Waals surface area contributed by atoms with Crippen LogP contribution in [0.15, 0.2) is 53.1 Å². The third-order valence-electron chi connectivity index (χ3n) is 5.67. The SMILES string of the molecule is Cc1onc(-c2ccccc2C(F)(F)F)c1C(=O)N1CCN(c2cccc(C(F)(F)F)c2)CC1. The molecule has 0 N–H and O–H groups in total. The van der Waals surface area contributed by atoms with E-state index in [1.807, 2.05) is 0 Å². The van der Waals surface area contributed by atoms with Crippen molar-refractivity contribution in [3.63, 3.8) is 0 Å². The molecule has 2 heterocycles. The van der Waals surface area contributed by atoms with Crippen molar-refractivity contribution in [1.29, 1.82) is 0 Å². The van der Waals surface area contributed by atoms with Crippen LogP contribution in [0.2, 0.25) is 0 Å². The van der Waals surface area contributed by atoms with Crippen LogP contribution in [0.3, 0.4) is 0 Å². The van der Waals surface area contributed by atoms with Crippen LogP contribution in [0.25, 0.3) is 11.3 Å². The first-order valence-corrected chi connectivity index (χ1v) is 10.3. The average molecular weight is 483 g/mol. The summed E-state index contributed by atoms with van der Waals surface area (Å²) in [7, 11) is 0. The van der Waals surface area contributed by atoms with Crippen LogP contribution in [0, 0.1) is 6.92 Å². The summed E-state index contributed by atoms with van der Waals surface area (Å²) in [5.74, 6) is -0.466. The molecule has 0 aliphatic carbocycles. The molecule has 1 saturated heterocycles. The van der Waals surface area contributed by atoms with E-state index >= 15 is 0 Å². The number of rotatable bonds is 3. The lowest BCUT2D eigenvalue weighted by Crippen LogP contribution is -2.49. The molecular formula is C23H19F6N3O2. The average Bonchev–Trinajstić information content (AvgIpc) is 3.19. The number of benzene rings is 2. The number of hydrogen-bond acceptors (Lipinski definition) is 4. The number of alkyl halides is 6. The molecule has 180 valence electrons. The zero-order valence-electron chi connectivity index (χ0n) is 17.9. The van der Waals surface area contributed by atoms with E-state index in [1.54, 1.807) is 11.0 Å². The van der Waals surface area contributed by atoms with Crippen molar-refractivity contribution < 1.29 is 35.7 Å². The second-order valence-electron chi connectivity index (χ2n) is 7.83. The zero-order valence-corrected chi connectivity index (χ0v) is 17.9. The minimum absolute atomic E-state index is 0.0655. The Morgan fingerprint density at radius 2 is 1.59 bits per heavy atom. The van der Waals surface area contributed by atoms with E-state index in [0.717, 1.165) is 18.2 Å². The van der Waals surface area contributed by atoms with Crippen LogP contribution < -0.4 is 4.90 Å². The van der Waals surface area contributed by atoms with Crippen LogP contribution >= 0.6 is 0 Å². The maximum atomic E-state index is 13.5. The number of carbonyl (C=O) groups is 1. The molecule has 0 radical (unpaired) electrons. The van der Waals surface area contributed by atoms with Gasteiger partial charge in [0.15, 0.2) is 0 Å². The van der Waals surface area contributed by atoms with Crippen molar-refractivity contribution in [3.05, 3.63) is 71.0 Å². The molecule has 2 aromatic carbocycles. The van der Waals surface area contributed by atoms with Gasteiger partial charge in [-0.25, -0.2) is 0 Å². The summed E-state index contributed by atoms with van der Waals surface area (Å²) in [4.78, 5) is 16.4. The van der Waals surface area contributed by atoms with E-state index in [0.29, 0.717) is 5.69 Å². The van der Waals surface area contributed by atoms with Gasteiger partial charge in [-0.3, -0.25) is 4.79 Å². The first-order valence-electron chi connectivity index (χ1n) is 10.3. The zero-order chi connectivity index (χ0) is 24.7. The number of piperazine rings is 1. The molecule has 1 aliphatic heterocycles. The number of amides is 1. The second kappa shape index (κ2) is 8.69. The molecule has 4 rings (SSSR count). The highest BCUT2D eigenvalue weighted by Gasteiger charge is 2.37. The quantitative estimate of drug-likeness (QED) is 0.452. The highest BCUT2D eigenvalue weighted by molar-refractivity contribution is 6.01. The molecule has 5 nitrogen and oxygen atoms in total. The van der Waals surface area contributed by atoms with Crippen molar-refractivity contribution in [2.75, 3.05) is 31.1 Å². The van der Waals surface area contributed by atoms with E-state index in [9.17, 15) is 31.1 Å². The highest BCUT2D eigenvalue weighted by Crippen LogP contribution is 2.38. The van der Waals surface area contributed by atoms with E-state index in [2.05, 4.69) is 5.16 Å². The van der Waals surface area contributed by atoms with Crippen molar-refractivity contribution in [2.45, 2.75) is 19.3 Å². The molecule has 1 fully saturated rings. The highest BCUT2D eigenvalue weighted by atomic mass is 19.4. The lowest BCUT2D eigenvalue weighted by Gasteiger charge is -2.36. The molecule has 0 bridgehead atoms. The van der Waals surface area contributed by atoms with Crippen LogP contribution in [0.1, 0.15) is 27.2 Å². The van der Waals surface area contributed by atoms with Crippen LogP contribution in [-0.2, 0) is 12.4 Å². The molecule has 0 unspecified atom stereocenters. The van der Waals surface area contributed by atoms with Crippen molar-refractivity contribution >= 4 is 11.6 Å². The van der Waals surface area contributed by atoms with Crippen LogP contribution in [-0.4, -0.2) is 42.1 Å². The summed E-state index contributed by atoms with van der Waals surface area (Å²) in [6.07, 6.45) is -9.12. The van der Waals surface area contributed by atoms with Gasteiger partial charge in [0.2, 0.25) is 0 Å². The minimum Gasteiger partial charge on any atom is -0.368 e. The first kappa shape index (κ1) is 23.7. The molecule has 0 atom stereocenters. The Bertz CT molecular complexity index is 1190. The Kier molecular flexibility index (Phi) is 6.05. The van der Waals surface area contributed by atoms with E-state index in [1.165, 1.54) is 36.1 Å². The monoisotopic (exact) mass is 483 g/mol. The lowest BCUT2D eigenvalue weighted by atomic mass is 9.99. The van der Waals surface area contributed by atoms with Gasteiger partial charge in [-0.2, -0.15) is 26.3 Å². The fourth-order valence-corrected chi connectivity index (χ4v) is 3.95. The Morgan fingerprint density at radius 3 is 2.24 bits per heavy atom. The lowest BCUT2D eigenvalue weighted by molar-refractivity contribution is -0.138. The van der Waals surface area contributed by atoms with Gasteiger partial charge >= 0.3 is 12.4 Å². The molecule has 3 aromatic rings. The fraction of sp³-hybridized carbons (Fsp3) is 0.304. The number of aromatic nitrogens is 1. The molecule has 0 saturated carbocycles. The fourth-order valence-electron chi connectivity index (χ4n) is 3.95. The standard InChI is InChI=1S/C23H19F6N3O2/c1-14-19(20(30-34-14)17-7-2-3-8-18(17)23(27,28)29)21(33)32-11-9-31(10-12-32)16-6-4-5-15(13-16)22(24,25)26/h2-8,13H,9-12H2,1H3. The Balaban J connectivity index is 1.56. The Morgan fingerprint density at radius 1 is 0.912 bits per heavy atom. The largest absolute Gasteiger partial charge is 0.417 e. The summed E-state index contributed by atoms with van der Waals surface area (Å²) >= 11 is 0. The van der Waals surface area contributed by atoms with Gasteiger partial charge in [0.05, 0.1) is 11.1 Å². The van der Waals surface area contributed by atoms with Gasteiger partial charge < -0.3 is 14.3 Å². The second-order valence-corrected chi connectivity index (χ2v) is 7.83. The molecule has 1 aliphatic rings. The van der Waals surface area contributed by atoms with Gasteiger partial charge in [0, 0.05) is 37.4 Å². The normalized spacial score (nSPS) is 15.0. The van der Waals surface area contributed by atoms with Crippen molar-refractivity contribution in [1.82, 2.24) is 10.1 Å². The topological polar surface area (TPSA) is 49.6 Å². The molecule has 11 heteroatoms. The van der Waals surface area contributed by atoms with E-state index in [-0.39, 0.29) is 48.8 Å². The maximum Gasteiger partial charge on any atom is 0.417 e. The van der Waals surface area contributed by atoms with Gasteiger partial charge in [-0.15, -0.1) is 0 Å². The maximum absolute atomic E-state index is 13.5. The summed E-state index contributed by atoms with van der Waals surface area (Å²) in [6, 6.07) is 9.70. The predicted octanol–water partition coefficient (Wildman–Crippen LogP) is 5.65. The minimum atomic E-state index is -4.65. The van der Waals surface area contributed by atoms with Crippen molar-refractivity contribution in [3.8, 4) is 11.3 Å². The third-order valence-corrected chi connectivity index (χ3v) is 5.67. The molecule has 1 amide bonds. The van der Waals surface area contributed by atoms with Crippen LogP contribution in [0.5, 0.6) is 0 Å². The Labute approximate surface area is 190 Å². The third kappa shape index (κ3) is 4.59. The molecular weight excluding hydrogens is 464 g/mol. The van der Waals surface area contributed by atoms with Gasteiger partial charge in [-0.05, 0) is 31.2 Å². The number of hydrogen-bond donors (Lipinski definition) is 0. The summed E-state index contributed by atoms with van der Waals surface area (Å²) in [6.45, 7) is 2.29. The Hall–Kier alpha value is -3.50. The van der Waals surface area contributed by atoms with E-state index < -0.39 is 29.4 Å².